The van der Waals surface area contributed by atoms with E-state index in [0.717, 1.165) is 55.8 Å². The Bertz CT molecular complexity index is 1260. The molecule has 5 nitrogen and oxygen atoms in total. The van der Waals surface area contributed by atoms with Gasteiger partial charge in [-0.25, -0.2) is 4.98 Å². The molecule has 1 N–H and O–H groups in total. The molecule has 5 heteroatoms. The summed E-state index contributed by atoms with van der Waals surface area (Å²) >= 11 is 0. The minimum absolute atomic E-state index is 0.0714. The van der Waals surface area contributed by atoms with Crippen LogP contribution >= 0.6 is 0 Å². The summed E-state index contributed by atoms with van der Waals surface area (Å²) < 4.78 is 1.66. The largest absolute Gasteiger partial charge is 0.361 e. The Morgan fingerprint density at radius 2 is 1.93 bits per heavy atom. The minimum Gasteiger partial charge on any atom is -0.361 e. The number of hydrogen-bond donors (Lipinski definition) is 1. The maximum atomic E-state index is 12.9. The fourth-order valence-electron chi connectivity index (χ4n) is 4.93. The number of benzene rings is 1. The molecular formula is C25H28N4O. The maximum absolute atomic E-state index is 12.9. The summed E-state index contributed by atoms with van der Waals surface area (Å²) in [5.41, 5.74) is 6.53. The molecule has 1 aromatic carbocycles. The van der Waals surface area contributed by atoms with Gasteiger partial charge in [0.25, 0.3) is 5.56 Å². The second-order valence-electron chi connectivity index (χ2n) is 8.52. The van der Waals surface area contributed by atoms with Crippen LogP contribution in [0.3, 0.4) is 0 Å². The van der Waals surface area contributed by atoms with E-state index in [-0.39, 0.29) is 5.56 Å². The third-order valence-electron chi connectivity index (χ3n) is 6.70. The fraction of sp³-hybridized carbons (Fsp3) is 0.360. The van der Waals surface area contributed by atoms with Crippen LogP contribution in [0.2, 0.25) is 0 Å². The molecule has 0 bridgehead atoms. The lowest BCUT2D eigenvalue weighted by atomic mass is 9.89. The van der Waals surface area contributed by atoms with E-state index in [2.05, 4.69) is 46.2 Å². The zero-order valence-corrected chi connectivity index (χ0v) is 17.7. The van der Waals surface area contributed by atoms with E-state index in [1.165, 1.54) is 22.0 Å². The normalized spacial score (nSPS) is 15.9. The summed E-state index contributed by atoms with van der Waals surface area (Å²) in [6.45, 7) is 7.18. The van der Waals surface area contributed by atoms with E-state index < -0.39 is 0 Å². The van der Waals surface area contributed by atoms with E-state index >= 15 is 0 Å². The van der Waals surface area contributed by atoms with Crippen LogP contribution < -0.4 is 5.56 Å². The molecule has 0 spiro atoms. The lowest BCUT2D eigenvalue weighted by molar-refractivity contribution is 0.215. The van der Waals surface area contributed by atoms with Gasteiger partial charge in [0.1, 0.15) is 5.65 Å². The first-order valence-corrected chi connectivity index (χ1v) is 10.9. The van der Waals surface area contributed by atoms with Gasteiger partial charge in [0, 0.05) is 41.1 Å². The van der Waals surface area contributed by atoms with Gasteiger partial charge in [0.15, 0.2) is 0 Å². The van der Waals surface area contributed by atoms with Crippen molar-refractivity contribution in [1.29, 1.82) is 0 Å². The lowest BCUT2D eigenvalue weighted by Crippen LogP contribution is -2.35. The number of hydrogen-bond acceptors (Lipinski definition) is 3. The number of piperidine rings is 1. The summed E-state index contributed by atoms with van der Waals surface area (Å²) in [7, 11) is 0. The second kappa shape index (κ2) is 7.73. The quantitative estimate of drug-likeness (QED) is 0.558. The molecule has 4 aromatic rings. The minimum atomic E-state index is 0.0714. The van der Waals surface area contributed by atoms with Gasteiger partial charge < -0.3 is 9.88 Å². The predicted molar refractivity (Wildman–Crippen MR) is 121 cm³/mol. The summed E-state index contributed by atoms with van der Waals surface area (Å²) in [5, 5.41) is 1.37. The van der Waals surface area contributed by atoms with Gasteiger partial charge in [-0.15, -0.1) is 0 Å². The molecule has 0 atom stereocenters. The molecule has 154 valence electrons. The van der Waals surface area contributed by atoms with E-state index in [1.54, 1.807) is 4.40 Å². The van der Waals surface area contributed by atoms with Gasteiger partial charge >= 0.3 is 0 Å². The van der Waals surface area contributed by atoms with Crippen molar-refractivity contribution >= 4 is 16.6 Å². The van der Waals surface area contributed by atoms with Crippen LogP contribution in [-0.2, 0) is 6.42 Å². The van der Waals surface area contributed by atoms with Crippen LogP contribution in [-0.4, -0.2) is 38.9 Å². The van der Waals surface area contributed by atoms with Gasteiger partial charge in [-0.2, -0.15) is 0 Å². The first-order chi connectivity index (χ1) is 14.6. The lowest BCUT2D eigenvalue weighted by Gasteiger charge is -2.32. The predicted octanol–water partition coefficient (Wildman–Crippen LogP) is 4.21. The van der Waals surface area contributed by atoms with Crippen LogP contribution in [0.4, 0.5) is 0 Å². The summed E-state index contributed by atoms with van der Waals surface area (Å²) in [6.07, 6.45) is 7.10. The van der Waals surface area contributed by atoms with Gasteiger partial charge in [0.05, 0.1) is 0 Å². The number of fused-ring (bicyclic) bond motifs is 2. The number of nitrogens with one attached hydrogen (secondary N) is 1. The van der Waals surface area contributed by atoms with Gasteiger partial charge in [0.2, 0.25) is 0 Å². The zero-order valence-electron chi connectivity index (χ0n) is 17.7. The van der Waals surface area contributed by atoms with E-state index in [1.807, 2.05) is 31.3 Å². The molecule has 1 aliphatic rings. The number of rotatable bonds is 4. The van der Waals surface area contributed by atoms with Crippen LogP contribution in [0.1, 0.15) is 41.1 Å². The number of pyridine rings is 1. The Morgan fingerprint density at radius 1 is 1.10 bits per heavy atom. The first-order valence-electron chi connectivity index (χ1n) is 10.9. The molecule has 0 saturated carbocycles. The maximum Gasteiger partial charge on any atom is 0.261 e. The van der Waals surface area contributed by atoms with Gasteiger partial charge in [-0.3, -0.25) is 9.20 Å². The SMILES string of the molecule is Cc1nc2ccccn2c(=O)c1CCN1CCC(c2c[nH]c3c(C)cccc23)CC1. The molecule has 0 radical (unpaired) electrons. The van der Waals surface area contributed by atoms with Crippen LogP contribution in [0.25, 0.3) is 16.6 Å². The average molecular weight is 401 g/mol. The molecule has 1 fully saturated rings. The Hall–Kier alpha value is -2.92. The third kappa shape index (κ3) is 3.33. The number of likely N-dealkylation sites (tertiary alicyclic amines) is 1. The number of para-hydroxylation sites is 1. The third-order valence-corrected chi connectivity index (χ3v) is 6.70. The number of aromatic nitrogens is 3. The van der Waals surface area contributed by atoms with Crippen molar-refractivity contribution in [2.75, 3.05) is 19.6 Å². The van der Waals surface area contributed by atoms with Crippen molar-refractivity contribution in [2.45, 2.75) is 39.0 Å². The van der Waals surface area contributed by atoms with Crippen molar-refractivity contribution in [2.24, 2.45) is 0 Å². The smallest absolute Gasteiger partial charge is 0.261 e. The van der Waals surface area contributed by atoms with Gasteiger partial charge in [-0.1, -0.05) is 24.3 Å². The number of aromatic amines is 1. The highest BCUT2D eigenvalue weighted by molar-refractivity contribution is 5.86. The van der Waals surface area contributed by atoms with Crippen molar-refractivity contribution < 1.29 is 0 Å². The Morgan fingerprint density at radius 3 is 2.77 bits per heavy atom. The van der Waals surface area contributed by atoms with E-state index in [4.69, 9.17) is 0 Å². The highest BCUT2D eigenvalue weighted by Gasteiger charge is 2.23. The van der Waals surface area contributed by atoms with Crippen LogP contribution in [0.15, 0.2) is 53.6 Å². The molecule has 0 unspecified atom stereocenters. The standard InChI is InChI=1S/C25H28N4O/c1-17-6-5-7-21-22(16-26-24(17)21)19-9-13-28(14-10-19)15-11-20-18(2)27-23-8-3-4-12-29(23)25(20)30/h3-8,12,16,19,26H,9-11,13-15H2,1-2H3. The Balaban J connectivity index is 1.26. The Labute approximate surface area is 176 Å². The van der Waals surface area contributed by atoms with Crippen molar-refractivity contribution in [1.82, 2.24) is 19.3 Å². The molecule has 0 amide bonds. The van der Waals surface area contributed by atoms with E-state index in [9.17, 15) is 4.79 Å². The van der Waals surface area contributed by atoms with Crippen molar-refractivity contribution in [3.8, 4) is 0 Å². The Kier molecular flexibility index (Phi) is 4.91. The monoisotopic (exact) mass is 400 g/mol. The summed E-state index contributed by atoms with van der Waals surface area (Å²) in [5.74, 6) is 0.603. The molecule has 0 aliphatic carbocycles. The summed E-state index contributed by atoms with van der Waals surface area (Å²) in [4.78, 5) is 23.5. The second-order valence-corrected chi connectivity index (χ2v) is 8.52. The van der Waals surface area contributed by atoms with Crippen LogP contribution in [0.5, 0.6) is 0 Å². The van der Waals surface area contributed by atoms with E-state index in [0.29, 0.717) is 5.92 Å². The van der Waals surface area contributed by atoms with Gasteiger partial charge in [-0.05, 0) is 75.4 Å². The van der Waals surface area contributed by atoms with Crippen molar-refractivity contribution in [3.05, 3.63) is 81.5 Å². The first kappa shape index (κ1) is 19.1. The average Bonchev–Trinajstić information content (AvgIpc) is 3.20. The molecule has 30 heavy (non-hydrogen) atoms. The molecule has 4 heterocycles. The topological polar surface area (TPSA) is 53.4 Å². The molecule has 1 saturated heterocycles. The number of H-pyrrole nitrogens is 1. The fourth-order valence-corrected chi connectivity index (χ4v) is 4.93. The molecular weight excluding hydrogens is 372 g/mol. The molecule has 3 aromatic heterocycles. The zero-order chi connectivity index (χ0) is 20.7. The number of nitrogens with zero attached hydrogens (tertiary/aromatic N) is 3. The highest BCUT2D eigenvalue weighted by Crippen LogP contribution is 2.34. The van der Waals surface area contributed by atoms with Crippen LogP contribution in [0, 0.1) is 13.8 Å². The van der Waals surface area contributed by atoms with Crippen molar-refractivity contribution in [3.63, 3.8) is 0 Å². The number of aryl methyl sites for hydroxylation is 2. The molecule has 5 rings (SSSR count). The summed E-state index contributed by atoms with van der Waals surface area (Å²) in [6, 6.07) is 12.2. The molecule has 1 aliphatic heterocycles. The highest BCUT2D eigenvalue weighted by atomic mass is 16.1.